The zero-order chi connectivity index (χ0) is 22.2. The van der Waals surface area contributed by atoms with Gasteiger partial charge in [0.1, 0.15) is 23.8 Å². The lowest BCUT2D eigenvalue weighted by Gasteiger charge is -2.32. The van der Waals surface area contributed by atoms with Crippen LogP contribution < -0.4 is 5.73 Å². The largest absolute Gasteiger partial charge is 0.506 e. The number of carbonyl (C=O) groups is 1. The Morgan fingerprint density at radius 3 is 2.81 bits per heavy atom. The van der Waals surface area contributed by atoms with Crippen LogP contribution in [-0.2, 0) is 9.47 Å². The molecule has 9 nitrogen and oxygen atoms in total. The Morgan fingerprint density at radius 1 is 1.42 bits per heavy atom. The number of aromatic nitrogens is 3. The van der Waals surface area contributed by atoms with Crippen molar-refractivity contribution in [2.75, 3.05) is 12.3 Å². The van der Waals surface area contributed by atoms with Crippen molar-refractivity contribution < 1.29 is 24.5 Å². The van der Waals surface area contributed by atoms with Crippen molar-refractivity contribution >= 4 is 34.6 Å². The first-order valence-electron chi connectivity index (χ1n) is 9.39. The van der Waals surface area contributed by atoms with Gasteiger partial charge in [-0.25, -0.2) is 9.78 Å². The van der Waals surface area contributed by atoms with Gasteiger partial charge in [0.25, 0.3) is 0 Å². The van der Waals surface area contributed by atoms with E-state index in [1.54, 1.807) is 47.2 Å². The van der Waals surface area contributed by atoms with Gasteiger partial charge < -0.3 is 30.0 Å². The lowest BCUT2D eigenvalue weighted by molar-refractivity contribution is -0.0922. The van der Waals surface area contributed by atoms with Gasteiger partial charge in [-0.1, -0.05) is 36.3 Å². The molecule has 10 heteroatoms. The molecule has 0 saturated carbocycles. The van der Waals surface area contributed by atoms with Gasteiger partial charge in [-0.3, -0.25) is 0 Å². The number of hydrogen-bond acceptors (Lipinski definition) is 7. The van der Waals surface area contributed by atoms with Gasteiger partial charge in [0.2, 0.25) is 5.28 Å². The maximum atomic E-state index is 11.5. The fraction of sp³-hybridized carbons (Fsp3) is 0.286. The maximum Gasteiger partial charge on any atom is 0.506 e. The second-order valence-electron chi connectivity index (χ2n) is 7.16. The summed E-state index contributed by atoms with van der Waals surface area (Å²) in [4.78, 5) is 19.6. The normalized spacial score (nSPS) is 24.0. The number of rotatable bonds is 5. The molecule has 1 unspecified atom stereocenters. The highest BCUT2D eigenvalue weighted by Gasteiger charge is 2.53. The van der Waals surface area contributed by atoms with Crippen molar-refractivity contribution in [3.63, 3.8) is 0 Å². The molecule has 0 aliphatic carbocycles. The van der Waals surface area contributed by atoms with Crippen LogP contribution in [0.5, 0.6) is 0 Å². The zero-order valence-corrected chi connectivity index (χ0v) is 16.9. The van der Waals surface area contributed by atoms with Crippen LogP contribution in [0, 0.1) is 18.3 Å². The predicted octanol–water partition coefficient (Wildman–Crippen LogP) is 3.00. The highest BCUT2D eigenvalue weighted by molar-refractivity contribution is 6.28. The van der Waals surface area contributed by atoms with Crippen LogP contribution in [0.1, 0.15) is 24.3 Å². The Hall–Kier alpha value is -3.32. The molecule has 4 rings (SSSR count). The predicted molar refractivity (Wildman–Crippen MR) is 112 cm³/mol. The number of halogens is 1. The number of terminal acetylenes is 1. The molecule has 1 aliphatic rings. The van der Waals surface area contributed by atoms with Gasteiger partial charge in [0.15, 0.2) is 5.60 Å². The summed E-state index contributed by atoms with van der Waals surface area (Å²) >= 11 is 5.97. The van der Waals surface area contributed by atoms with E-state index in [-0.39, 0.29) is 17.5 Å². The molecule has 4 atom stereocenters. The molecular weight excluding hydrogens is 424 g/mol. The van der Waals surface area contributed by atoms with E-state index in [9.17, 15) is 15.0 Å². The number of fused-ring (bicyclic) bond motifs is 1. The summed E-state index contributed by atoms with van der Waals surface area (Å²) < 4.78 is 13.0. The molecule has 3 heterocycles. The van der Waals surface area contributed by atoms with Crippen molar-refractivity contribution in [1.82, 2.24) is 14.5 Å². The standard InChI is InChI=1S/C21H19ClN4O5/c1-2-21(11-27)14(16(30-20(28)29)12-6-4-3-5-7-12)10-15(31-21)26-9-8-13-17(23)24-19(22)25-18(13)26/h1,3-9,14-16,27H,10-11H2,(H,28,29)(H2,23,24,25)/t14-,15+,16?,21+/m0/s1. The second kappa shape index (κ2) is 8.07. The van der Waals surface area contributed by atoms with Crippen molar-refractivity contribution in [2.24, 2.45) is 5.92 Å². The van der Waals surface area contributed by atoms with Crippen molar-refractivity contribution in [3.05, 3.63) is 53.4 Å². The average Bonchev–Trinajstić information content (AvgIpc) is 3.34. The average molecular weight is 443 g/mol. The third kappa shape index (κ3) is 3.65. The Bertz CT molecular complexity index is 1160. The Labute approximate surface area is 182 Å². The van der Waals surface area contributed by atoms with Gasteiger partial charge in [-0.15, -0.1) is 6.42 Å². The van der Waals surface area contributed by atoms with Crippen LogP contribution in [0.2, 0.25) is 5.28 Å². The fourth-order valence-electron chi connectivity index (χ4n) is 4.06. The Balaban J connectivity index is 1.79. The van der Waals surface area contributed by atoms with Gasteiger partial charge in [-0.2, -0.15) is 4.98 Å². The smallest absolute Gasteiger partial charge is 0.450 e. The Morgan fingerprint density at radius 2 is 2.16 bits per heavy atom. The molecule has 0 bridgehead atoms. The summed E-state index contributed by atoms with van der Waals surface area (Å²) in [6.07, 6.45) is 4.62. The molecular formula is C21H19ClN4O5. The van der Waals surface area contributed by atoms with Gasteiger partial charge in [0.05, 0.1) is 12.0 Å². The summed E-state index contributed by atoms with van der Waals surface area (Å²) in [6.45, 7) is -0.534. The third-order valence-electron chi connectivity index (χ3n) is 5.49. The summed E-state index contributed by atoms with van der Waals surface area (Å²) in [5, 5.41) is 20.1. The van der Waals surface area contributed by atoms with E-state index in [1.165, 1.54) is 0 Å². The summed E-state index contributed by atoms with van der Waals surface area (Å²) in [6, 6.07) is 10.5. The highest BCUT2D eigenvalue weighted by atomic mass is 35.5. The number of aliphatic hydroxyl groups excluding tert-OH is 1. The van der Waals surface area contributed by atoms with E-state index < -0.39 is 36.6 Å². The van der Waals surface area contributed by atoms with Crippen molar-refractivity contribution in [3.8, 4) is 12.3 Å². The second-order valence-corrected chi connectivity index (χ2v) is 7.50. The third-order valence-corrected chi connectivity index (χ3v) is 5.65. The number of aliphatic hydroxyl groups is 1. The van der Waals surface area contributed by atoms with E-state index in [4.69, 9.17) is 33.2 Å². The summed E-state index contributed by atoms with van der Waals surface area (Å²) in [5.74, 6) is 2.05. The van der Waals surface area contributed by atoms with Crippen LogP contribution in [0.3, 0.4) is 0 Å². The highest BCUT2D eigenvalue weighted by Crippen LogP contribution is 2.49. The van der Waals surface area contributed by atoms with Crippen LogP contribution in [0.25, 0.3) is 11.0 Å². The van der Waals surface area contributed by atoms with Crippen LogP contribution >= 0.6 is 11.6 Å². The molecule has 3 aromatic rings. The molecule has 0 radical (unpaired) electrons. The molecule has 1 aromatic carbocycles. The van der Waals surface area contributed by atoms with Crippen LogP contribution in [0.4, 0.5) is 10.6 Å². The van der Waals surface area contributed by atoms with Crippen LogP contribution in [-0.4, -0.2) is 43.1 Å². The number of ether oxygens (including phenoxy) is 2. The Kier molecular flexibility index (Phi) is 5.45. The van der Waals surface area contributed by atoms with Crippen molar-refractivity contribution in [2.45, 2.75) is 24.4 Å². The zero-order valence-electron chi connectivity index (χ0n) is 16.2. The van der Waals surface area contributed by atoms with Gasteiger partial charge in [0, 0.05) is 18.5 Å². The minimum absolute atomic E-state index is 0.0266. The molecule has 31 heavy (non-hydrogen) atoms. The molecule has 2 aromatic heterocycles. The first kappa shape index (κ1) is 20.9. The fourth-order valence-corrected chi connectivity index (χ4v) is 4.23. The molecule has 1 saturated heterocycles. The maximum absolute atomic E-state index is 11.5. The minimum Gasteiger partial charge on any atom is -0.450 e. The van der Waals surface area contributed by atoms with E-state index in [2.05, 4.69) is 15.9 Å². The number of nitrogens with two attached hydrogens (primary N) is 1. The molecule has 1 aliphatic heterocycles. The number of nitrogens with zero attached hydrogens (tertiary/aromatic N) is 3. The molecule has 4 N–H and O–H groups in total. The SMILES string of the molecule is C#C[C@]1(CO)O[C@@H](n2ccc3c(N)nc(Cl)nc32)C[C@H]1C(OC(=O)O)c1ccccc1. The molecule has 160 valence electrons. The first-order chi connectivity index (χ1) is 14.9. The number of hydrogen-bond donors (Lipinski definition) is 3. The minimum atomic E-state index is -1.49. The van der Waals surface area contributed by atoms with Crippen molar-refractivity contribution in [1.29, 1.82) is 0 Å². The molecule has 0 spiro atoms. The quantitative estimate of drug-likeness (QED) is 0.312. The number of nitrogen functional groups attached to an aromatic ring is 1. The first-order valence-corrected chi connectivity index (χ1v) is 9.77. The lowest BCUT2D eigenvalue weighted by Crippen LogP contribution is -2.41. The monoisotopic (exact) mass is 442 g/mol. The van der Waals surface area contributed by atoms with E-state index in [1.807, 2.05) is 0 Å². The topological polar surface area (TPSA) is 133 Å². The summed E-state index contributed by atoms with van der Waals surface area (Å²) in [5.41, 5.74) is 5.48. The number of carboxylic acid groups (broad SMARTS) is 1. The van der Waals surface area contributed by atoms with E-state index in [0.29, 0.717) is 16.6 Å². The van der Waals surface area contributed by atoms with Gasteiger partial charge >= 0.3 is 6.16 Å². The number of anilines is 1. The van der Waals surface area contributed by atoms with E-state index >= 15 is 0 Å². The molecule has 0 amide bonds. The number of benzene rings is 1. The van der Waals surface area contributed by atoms with E-state index in [0.717, 1.165) is 0 Å². The van der Waals surface area contributed by atoms with Gasteiger partial charge in [-0.05, 0) is 23.2 Å². The summed E-state index contributed by atoms with van der Waals surface area (Å²) in [7, 11) is 0. The lowest BCUT2D eigenvalue weighted by atomic mass is 9.81. The molecule has 1 fully saturated rings. The van der Waals surface area contributed by atoms with Crippen LogP contribution in [0.15, 0.2) is 42.6 Å².